The molecule has 3 heteroatoms. The van der Waals surface area contributed by atoms with Crippen LogP contribution in [0.15, 0.2) is 46.9 Å². The molecule has 0 aliphatic rings. The van der Waals surface area contributed by atoms with Gasteiger partial charge in [-0.05, 0) is 50.1 Å². The van der Waals surface area contributed by atoms with E-state index in [2.05, 4.69) is 64.6 Å². The SMILES string of the molecule is CNC(Cc1ccccc1Br)Cc1cc(C)ccc1OC. The van der Waals surface area contributed by atoms with Gasteiger partial charge in [0.05, 0.1) is 7.11 Å². The lowest BCUT2D eigenvalue weighted by Gasteiger charge is -2.19. The molecule has 0 aliphatic heterocycles. The number of methoxy groups -OCH3 is 1. The zero-order chi connectivity index (χ0) is 15.2. The van der Waals surface area contributed by atoms with Crippen molar-refractivity contribution in [2.45, 2.75) is 25.8 Å². The van der Waals surface area contributed by atoms with Gasteiger partial charge in [-0.1, -0.05) is 51.8 Å². The van der Waals surface area contributed by atoms with E-state index in [1.807, 2.05) is 13.1 Å². The van der Waals surface area contributed by atoms with E-state index >= 15 is 0 Å². The first-order valence-corrected chi connectivity index (χ1v) is 7.97. The van der Waals surface area contributed by atoms with Crippen molar-refractivity contribution in [3.05, 3.63) is 63.6 Å². The standard InChI is InChI=1S/C18H22BrNO/c1-13-8-9-18(21-3)15(10-13)12-16(20-2)11-14-6-4-5-7-17(14)19/h4-10,16,20H,11-12H2,1-3H3. The molecule has 21 heavy (non-hydrogen) atoms. The minimum Gasteiger partial charge on any atom is -0.496 e. The molecule has 0 aromatic heterocycles. The lowest BCUT2D eigenvalue weighted by atomic mass is 9.97. The summed E-state index contributed by atoms with van der Waals surface area (Å²) in [6.07, 6.45) is 1.93. The predicted octanol–water partition coefficient (Wildman–Crippen LogP) is 4.14. The Hall–Kier alpha value is -1.32. The third-order valence-corrected chi connectivity index (χ3v) is 4.51. The number of nitrogens with one attached hydrogen (secondary N) is 1. The third-order valence-electron chi connectivity index (χ3n) is 3.73. The zero-order valence-corrected chi connectivity index (χ0v) is 14.4. The summed E-state index contributed by atoms with van der Waals surface area (Å²) in [7, 11) is 3.75. The molecule has 0 heterocycles. The zero-order valence-electron chi connectivity index (χ0n) is 12.8. The van der Waals surface area contributed by atoms with Crippen molar-refractivity contribution in [3.63, 3.8) is 0 Å². The first-order chi connectivity index (χ1) is 10.1. The van der Waals surface area contributed by atoms with Crippen LogP contribution in [0, 0.1) is 6.92 Å². The Kier molecular flexibility index (Phi) is 5.83. The minimum atomic E-state index is 0.374. The first-order valence-electron chi connectivity index (χ1n) is 7.18. The van der Waals surface area contributed by atoms with Crippen LogP contribution in [-0.4, -0.2) is 20.2 Å². The van der Waals surface area contributed by atoms with Crippen LogP contribution in [0.4, 0.5) is 0 Å². The van der Waals surface area contributed by atoms with E-state index in [0.29, 0.717) is 6.04 Å². The van der Waals surface area contributed by atoms with E-state index in [1.54, 1.807) is 7.11 Å². The normalized spacial score (nSPS) is 12.2. The van der Waals surface area contributed by atoms with Crippen molar-refractivity contribution < 1.29 is 4.74 Å². The average molecular weight is 348 g/mol. The number of likely N-dealkylation sites (N-methyl/N-ethyl adjacent to an activating group) is 1. The summed E-state index contributed by atoms with van der Waals surface area (Å²) in [5.41, 5.74) is 3.84. The fourth-order valence-electron chi connectivity index (χ4n) is 2.54. The van der Waals surface area contributed by atoms with E-state index in [4.69, 9.17) is 4.74 Å². The summed E-state index contributed by atoms with van der Waals surface area (Å²) < 4.78 is 6.65. The molecule has 0 fully saturated rings. The van der Waals surface area contributed by atoms with Gasteiger partial charge in [0.2, 0.25) is 0 Å². The van der Waals surface area contributed by atoms with Crippen LogP contribution in [0.5, 0.6) is 5.75 Å². The summed E-state index contributed by atoms with van der Waals surface area (Å²) >= 11 is 3.63. The predicted molar refractivity (Wildman–Crippen MR) is 92.1 cm³/mol. The van der Waals surface area contributed by atoms with E-state index in [9.17, 15) is 0 Å². The average Bonchev–Trinajstić information content (AvgIpc) is 2.49. The molecule has 2 aromatic carbocycles. The molecule has 1 unspecified atom stereocenters. The monoisotopic (exact) mass is 347 g/mol. The smallest absolute Gasteiger partial charge is 0.122 e. The Bertz CT molecular complexity index is 598. The molecule has 1 N–H and O–H groups in total. The molecular formula is C18H22BrNO. The Labute approximate surface area is 135 Å². The minimum absolute atomic E-state index is 0.374. The number of aryl methyl sites for hydroxylation is 1. The summed E-state index contributed by atoms with van der Waals surface area (Å²) in [6.45, 7) is 2.12. The molecule has 0 spiro atoms. The molecule has 0 saturated heterocycles. The highest BCUT2D eigenvalue weighted by Crippen LogP contribution is 2.23. The molecule has 0 saturated carbocycles. The Morgan fingerprint density at radius 1 is 1.10 bits per heavy atom. The first kappa shape index (κ1) is 16.1. The fraction of sp³-hybridized carbons (Fsp3) is 0.333. The van der Waals surface area contributed by atoms with E-state index in [1.165, 1.54) is 21.2 Å². The number of halogens is 1. The van der Waals surface area contributed by atoms with Crippen LogP contribution in [0.3, 0.4) is 0 Å². The van der Waals surface area contributed by atoms with Crippen LogP contribution >= 0.6 is 15.9 Å². The van der Waals surface area contributed by atoms with Crippen molar-refractivity contribution in [3.8, 4) is 5.75 Å². The van der Waals surface area contributed by atoms with Gasteiger partial charge in [-0.15, -0.1) is 0 Å². The van der Waals surface area contributed by atoms with Crippen molar-refractivity contribution in [2.75, 3.05) is 14.2 Å². The highest BCUT2D eigenvalue weighted by Gasteiger charge is 2.13. The van der Waals surface area contributed by atoms with Gasteiger partial charge in [-0.3, -0.25) is 0 Å². The topological polar surface area (TPSA) is 21.3 Å². The number of hydrogen-bond donors (Lipinski definition) is 1. The number of ether oxygens (including phenoxy) is 1. The van der Waals surface area contributed by atoms with E-state index in [-0.39, 0.29) is 0 Å². The van der Waals surface area contributed by atoms with Gasteiger partial charge in [-0.25, -0.2) is 0 Å². The molecule has 2 nitrogen and oxygen atoms in total. The van der Waals surface area contributed by atoms with Crippen LogP contribution < -0.4 is 10.1 Å². The Morgan fingerprint density at radius 2 is 1.81 bits per heavy atom. The second-order valence-electron chi connectivity index (χ2n) is 5.30. The summed E-state index contributed by atoms with van der Waals surface area (Å²) in [5, 5.41) is 3.42. The maximum atomic E-state index is 5.48. The summed E-state index contributed by atoms with van der Waals surface area (Å²) in [5.74, 6) is 0.966. The molecular weight excluding hydrogens is 326 g/mol. The van der Waals surface area contributed by atoms with Gasteiger partial charge in [0.15, 0.2) is 0 Å². The highest BCUT2D eigenvalue weighted by molar-refractivity contribution is 9.10. The molecule has 0 amide bonds. The Balaban J connectivity index is 2.16. The van der Waals surface area contributed by atoms with Gasteiger partial charge in [0.25, 0.3) is 0 Å². The van der Waals surface area contributed by atoms with E-state index < -0.39 is 0 Å². The maximum absolute atomic E-state index is 5.48. The quantitative estimate of drug-likeness (QED) is 0.847. The fourth-order valence-corrected chi connectivity index (χ4v) is 2.98. The maximum Gasteiger partial charge on any atom is 0.122 e. The van der Waals surface area contributed by atoms with E-state index in [0.717, 1.165) is 18.6 Å². The molecule has 0 radical (unpaired) electrons. The van der Waals surface area contributed by atoms with Crippen molar-refractivity contribution in [1.29, 1.82) is 0 Å². The van der Waals surface area contributed by atoms with Gasteiger partial charge >= 0.3 is 0 Å². The second-order valence-corrected chi connectivity index (χ2v) is 6.15. The molecule has 2 aromatic rings. The largest absolute Gasteiger partial charge is 0.496 e. The summed E-state index contributed by atoms with van der Waals surface area (Å²) in [4.78, 5) is 0. The van der Waals surface area contributed by atoms with Gasteiger partial charge in [0.1, 0.15) is 5.75 Å². The van der Waals surface area contributed by atoms with Crippen molar-refractivity contribution in [2.24, 2.45) is 0 Å². The van der Waals surface area contributed by atoms with Crippen LogP contribution in [-0.2, 0) is 12.8 Å². The number of benzene rings is 2. The van der Waals surface area contributed by atoms with Crippen molar-refractivity contribution in [1.82, 2.24) is 5.32 Å². The van der Waals surface area contributed by atoms with Gasteiger partial charge in [-0.2, -0.15) is 0 Å². The number of hydrogen-bond acceptors (Lipinski definition) is 2. The highest BCUT2D eigenvalue weighted by atomic mass is 79.9. The van der Waals surface area contributed by atoms with Gasteiger partial charge in [0, 0.05) is 10.5 Å². The summed E-state index contributed by atoms with van der Waals surface area (Å²) in [6, 6.07) is 15.1. The lowest BCUT2D eigenvalue weighted by molar-refractivity contribution is 0.405. The molecule has 2 rings (SSSR count). The van der Waals surface area contributed by atoms with Crippen molar-refractivity contribution >= 4 is 15.9 Å². The van der Waals surface area contributed by atoms with Gasteiger partial charge < -0.3 is 10.1 Å². The molecule has 1 atom stereocenters. The molecule has 0 bridgehead atoms. The third kappa shape index (κ3) is 4.32. The molecule has 112 valence electrons. The van der Waals surface area contributed by atoms with Crippen LogP contribution in [0.2, 0.25) is 0 Å². The lowest BCUT2D eigenvalue weighted by Crippen LogP contribution is -2.30. The second kappa shape index (κ2) is 7.62. The Morgan fingerprint density at radius 3 is 2.48 bits per heavy atom. The van der Waals surface area contributed by atoms with Crippen LogP contribution in [0.1, 0.15) is 16.7 Å². The number of rotatable bonds is 6. The van der Waals surface area contributed by atoms with Crippen LogP contribution in [0.25, 0.3) is 0 Å². The molecule has 0 aliphatic carbocycles.